The Morgan fingerprint density at radius 1 is 1.10 bits per heavy atom. The van der Waals surface area contributed by atoms with Gasteiger partial charge in [0.15, 0.2) is 0 Å². The molecule has 0 spiro atoms. The van der Waals surface area contributed by atoms with E-state index in [4.69, 9.17) is 0 Å². The first kappa shape index (κ1) is 22.0. The zero-order chi connectivity index (χ0) is 22.1. The highest BCUT2D eigenvalue weighted by atomic mass is 32.2. The average Bonchev–Trinajstić information content (AvgIpc) is 3.26. The number of halogens is 1. The summed E-state index contributed by atoms with van der Waals surface area (Å²) in [6, 6.07) is 16.0. The van der Waals surface area contributed by atoms with Crippen molar-refractivity contribution in [3.8, 4) is 0 Å². The Bertz CT molecular complexity index is 1030. The number of carbonyl (C=O) groups excluding carboxylic acids is 1. The molecule has 1 amide bonds. The molecule has 2 fully saturated rings. The van der Waals surface area contributed by atoms with Crippen LogP contribution in [-0.2, 0) is 14.6 Å². The Labute approximate surface area is 183 Å². The summed E-state index contributed by atoms with van der Waals surface area (Å²) in [5.74, 6) is 0.206. The summed E-state index contributed by atoms with van der Waals surface area (Å²) in [4.78, 5) is 12.7. The molecular weight excluding hydrogens is 415 g/mol. The standard InChI is InChI=1S/C24H29FN2O3S/c1-17-6-5-9-21(14-17)31(29,30)24(25)12-10-20(11-13-24)27-23(28)22-15-19(16-26-22)18-7-3-2-4-8-18/h2-9,14,19-20,22,26H,10-13,15-16H2,1H3,(H,27,28)/t19-,20?,22+,24?/m1/s1. The molecule has 5 nitrogen and oxygen atoms in total. The van der Waals surface area contributed by atoms with Crippen LogP contribution in [0.1, 0.15) is 49.1 Å². The van der Waals surface area contributed by atoms with Crippen molar-refractivity contribution in [3.63, 3.8) is 0 Å². The largest absolute Gasteiger partial charge is 0.352 e. The molecule has 7 heteroatoms. The second kappa shape index (κ2) is 8.71. The summed E-state index contributed by atoms with van der Waals surface area (Å²) in [6.45, 7) is 2.53. The number of benzene rings is 2. The molecule has 2 aliphatic rings. The molecule has 0 radical (unpaired) electrons. The number of hydrogen-bond acceptors (Lipinski definition) is 4. The van der Waals surface area contributed by atoms with E-state index in [0.29, 0.717) is 18.8 Å². The van der Waals surface area contributed by atoms with Crippen LogP contribution in [0.3, 0.4) is 0 Å². The Kier molecular flexibility index (Phi) is 6.17. The minimum Gasteiger partial charge on any atom is -0.352 e. The van der Waals surface area contributed by atoms with Gasteiger partial charge in [0.2, 0.25) is 20.7 Å². The summed E-state index contributed by atoms with van der Waals surface area (Å²) >= 11 is 0. The fourth-order valence-corrected chi connectivity index (χ4v) is 6.47. The lowest BCUT2D eigenvalue weighted by Crippen LogP contribution is -2.49. The van der Waals surface area contributed by atoms with Crippen molar-refractivity contribution in [2.45, 2.75) is 66.9 Å². The minimum absolute atomic E-state index is 0.0274. The maximum atomic E-state index is 15.5. The number of sulfone groups is 1. The summed E-state index contributed by atoms with van der Waals surface area (Å²) in [5, 5.41) is 4.00. The van der Waals surface area contributed by atoms with Crippen molar-refractivity contribution in [2.24, 2.45) is 0 Å². The molecule has 1 aliphatic heterocycles. The zero-order valence-electron chi connectivity index (χ0n) is 17.7. The first-order valence-corrected chi connectivity index (χ1v) is 12.4. The average molecular weight is 445 g/mol. The van der Waals surface area contributed by atoms with Crippen molar-refractivity contribution in [2.75, 3.05) is 6.54 Å². The maximum Gasteiger partial charge on any atom is 0.237 e. The monoisotopic (exact) mass is 444 g/mol. The van der Waals surface area contributed by atoms with Crippen LogP contribution in [0.5, 0.6) is 0 Å². The number of amides is 1. The molecule has 0 unspecified atom stereocenters. The molecule has 1 saturated heterocycles. The summed E-state index contributed by atoms with van der Waals surface area (Å²) < 4.78 is 41.3. The molecule has 2 atom stereocenters. The van der Waals surface area contributed by atoms with Crippen LogP contribution in [-0.4, -0.2) is 38.0 Å². The first-order chi connectivity index (χ1) is 14.8. The summed E-state index contributed by atoms with van der Waals surface area (Å²) in [7, 11) is -4.08. The van der Waals surface area contributed by atoms with Gasteiger partial charge in [-0.25, -0.2) is 12.8 Å². The molecule has 31 heavy (non-hydrogen) atoms. The van der Waals surface area contributed by atoms with Crippen molar-refractivity contribution >= 4 is 15.7 Å². The third kappa shape index (κ3) is 4.53. The number of hydrogen-bond donors (Lipinski definition) is 2. The van der Waals surface area contributed by atoms with E-state index >= 15 is 4.39 Å². The quantitative estimate of drug-likeness (QED) is 0.738. The molecule has 4 rings (SSSR count). The van der Waals surface area contributed by atoms with Gasteiger partial charge < -0.3 is 10.6 Å². The van der Waals surface area contributed by atoms with Crippen LogP contribution in [0.2, 0.25) is 0 Å². The van der Waals surface area contributed by atoms with Crippen LogP contribution in [0.4, 0.5) is 4.39 Å². The topological polar surface area (TPSA) is 75.3 Å². The van der Waals surface area contributed by atoms with Gasteiger partial charge in [0, 0.05) is 12.6 Å². The lowest BCUT2D eigenvalue weighted by Gasteiger charge is -2.34. The molecule has 2 aromatic rings. The fraction of sp³-hybridized carbons (Fsp3) is 0.458. The number of nitrogens with one attached hydrogen (secondary N) is 2. The third-order valence-corrected chi connectivity index (χ3v) is 8.82. The Morgan fingerprint density at radius 2 is 1.81 bits per heavy atom. The molecule has 2 aromatic carbocycles. The Hall–Kier alpha value is -2.25. The summed E-state index contributed by atoms with van der Waals surface area (Å²) in [5.41, 5.74) is 2.00. The van der Waals surface area contributed by atoms with Crippen molar-refractivity contribution < 1.29 is 17.6 Å². The Morgan fingerprint density at radius 3 is 2.48 bits per heavy atom. The molecule has 1 saturated carbocycles. The molecule has 2 N–H and O–H groups in total. The molecule has 0 bridgehead atoms. The van der Waals surface area contributed by atoms with E-state index in [-0.39, 0.29) is 35.7 Å². The van der Waals surface area contributed by atoms with E-state index in [1.807, 2.05) is 18.2 Å². The second-order valence-corrected chi connectivity index (χ2v) is 11.0. The predicted molar refractivity (Wildman–Crippen MR) is 118 cm³/mol. The molecule has 1 heterocycles. The SMILES string of the molecule is Cc1cccc(S(=O)(=O)C2(F)CCC(NC(=O)[C@@H]3C[C@@H](c4ccccc4)CN3)CC2)c1. The number of alkyl halides is 1. The number of rotatable bonds is 5. The van der Waals surface area contributed by atoms with Gasteiger partial charge in [0.25, 0.3) is 0 Å². The van der Waals surface area contributed by atoms with Gasteiger partial charge in [-0.2, -0.15) is 0 Å². The van der Waals surface area contributed by atoms with Crippen LogP contribution in [0.25, 0.3) is 0 Å². The van der Waals surface area contributed by atoms with Gasteiger partial charge in [-0.15, -0.1) is 0 Å². The minimum atomic E-state index is -4.08. The van der Waals surface area contributed by atoms with Crippen molar-refractivity contribution in [1.29, 1.82) is 0 Å². The van der Waals surface area contributed by atoms with Gasteiger partial charge >= 0.3 is 0 Å². The number of aryl methyl sites for hydroxylation is 1. The third-order valence-electron chi connectivity index (χ3n) is 6.58. The zero-order valence-corrected chi connectivity index (χ0v) is 18.5. The molecule has 166 valence electrons. The molecular formula is C24H29FN2O3S. The van der Waals surface area contributed by atoms with Crippen molar-refractivity contribution in [3.05, 3.63) is 65.7 Å². The van der Waals surface area contributed by atoms with Gasteiger partial charge in [0.1, 0.15) is 0 Å². The van der Waals surface area contributed by atoms with Crippen molar-refractivity contribution in [1.82, 2.24) is 10.6 Å². The second-order valence-electron chi connectivity index (χ2n) is 8.79. The van der Waals surface area contributed by atoms with Gasteiger partial charge in [-0.1, -0.05) is 42.5 Å². The normalized spacial score (nSPS) is 28.9. The van der Waals surface area contributed by atoms with E-state index in [2.05, 4.69) is 22.8 Å². The highest BCUT2D eigenvalue weighted by Gasteiger charge is 2.48. The number of carbonyl (C=O) groups is 1. The van der Waals surface area contributed by atoms with Gasteiger partial charge in [0.05, 0.1) is 10.9 Å². The van der Waals surface area contributed by atoms with E-state index < -0.39 is 14.8 Å². The highest BCUT2D eigenvalue weighted by molar-refractivity contribution is 7.92. The van der Waals surface area contributed by atoms with E-state index in [1.54, 1.807) is 19.1 Å². The Balaban J connectivity index is 1.33. The molecule has 1 aliphatic carbocycles. The first-order valence-electron chi connectivity index (χ1n) is 10.9. The maximum absolute atomic E-state index is 15.5. The lowest BCUT2D eigenvalue weighted by molar-refractivity contribution is -0.123. The molecule has 0 aromatic heterocycles. The smallest absolute Gasteiger partial charge is 0.237 e. The van der Waals surface area contributed by atoms with E-state index in [0.717, 1.165) is 18.5 Å². The van der Waals surface area contributed by atoms with Gasteiger partial charge in [-0.05, 0) is 68.2 Å². The highest BCUT2D eigenvalue weighted by Crippen LogP contribution is 2.40. The van der Waals surface area contributed by atoms with Crippen LogP contribution >= 0.6 is 0 Å². The van der Waals surface area contributed by atoms with Crippen LogP contribution < -0.4 is 10.6 Å². The summed E-state index contributed by atoms with van der Waals surface area (Å²) in [6.07, 6.45) is 1.11. The van der Waals surface area contributed by atoms with E-state index in [1.165, 1.54) is 17.7 Å². The van der Waals surface area contributed by atoms with Crippen LogP contribution in [0, 0.1) is 6.92 Å². The predicted octanol–water partition coefficient (Wildman–Crippen LogP) is 3.64. The van der Waals surface area contributed by atoms with E-state index in [9.17, 15) is 13.2 Å². The van der Waals surface area contributed by atoms with Gasteiger partial charge in [-0.3, -0.25) is 4.79 Å². The lowest BCUT2D eigenvalue weighted by atomic mass is 9.92. The van der Waals surface area contributed by atoms with Crippen LogP contribution in [0.15, 0.2) is 59.5 Å². The fourth-order valence-electron chi connectivity index (χ4n) is 4.67.